The summed E-state index contributed by atoms with van der Waals surface area (Å²) in [5.74, 6) is -0.901. The number of hydrogen-bond acceptors (Lipinski definition) is 6. The molecule has 0 bridgehead atoms. The minimum atomic E-state index is -3.41. The predicted molar refractivity (Wildman–Crippen MR) is 77.6 cm³/mol. The van der Waals surface area contributed by atoms with E-state index >= 15 is 0 Å². The average Bonchev–Trinajstić information content (AvgIpc) is 2.98. The largest absolute Gasteiger partial charge is 0.467 e. The lowest BCUT2D eigenvalue weighted by Crippen LogP contribution is -2.59. The zero-order valence-electron chi connectivity index (χ0n) is 11.7. The molecule has 1 fully saturated rings. The van der Waals surface area contributed by atoms with E-state index in [-0.39, 0.29) is 25.5 Å². The Morgan fingerprint density at radius 1 is 1.38 bits per heavy atom. The van der Waals surface area contributed by atoms with Crippen LogP contribution in [-0.4, -0.2) is 68.5 Å². The Balaban J connectivity index is 2.25. The molecule has 0 aromatic carbocycles. The van der Waals surface area contributed by atoms with Crippen molar-refractivity contribution in [3.8, 4) is 0 Å². The van der Waals surface area contributed by atoms with Gasteiger partial charge in [-0.3, -0.25) is 4.79 Å². The van der Waals surface area contributed by atoms with Crippen molar-refractivity contribution in [1.82, 2.24) is 9.21 Å². The van der Waals surface area contributed by atoms with Crippen LogP contribution in [0.4, 0.5) is 0 Å². The second kappa shape index (κ2) is 6.12. The number of nitrogens with zero attached hydrogens (tertiary/aromatic N) is 2. The predicted octanol–water partition coefficient (Wildman–Crippen LogP) is 0.00710. The Hall–Kier alpha value is -1.45. The monoisotopic (exact) mass is 332 g/mol. The zero-order valence-corrected chi connectivity index (χ0v) is 13.3. The van der Waals surface area contributed by atoms with E-state index in [0.717, 1.165) is 6.26 Å². The standard InChI is InChI=1S/C12H16N2O5S2/c1-19-12(16)9-8-13(21(2,17)18)5-6-14(9)11(15)10-4-3-7-20-10/h3-4,7,9H,5-6,8H2,1-2H3/t9-/m0/s1. The lowest BCUT2D eigenvalue weighted by molar-refractivity contribution is -0.147. The van der Waals surface area contributed by atoms with Crippen molar-refractivity contribution in [2.24, 2.45) is 0 Å². The topological polar surface area (TPSA) is 84.0 Å². The molecule has 0 N–H and O–H groups in total. The third kappa shape index (κ3) is 3.42. The number of sulfonamides is 1. The third-order valence-electron chi connectivity index (χ3n) is 3.28. The van der Waals surface area contributed by atoms with Gasteiger partial charge in [-0.15, -0.1) is 11.3 Å². The maximum atomic E-state index is 12.4. The molecule has 1 aromatic rings. The molecule has 0 radical (unpaired) electrons. The summed E-state index contributed by atoms with van der Waals surface area (Å²) in [4.78, 5) is 26.2. The van der Waals surface area contributed by atoms with Crippen LogP contribution in [0, 0.1) is 0 Å². The van der Waals surface area contributed by atoms with E-state index in [1.54, 1.807) is 17.5 Å². The van der Waals surface area contributed by atoms with Gasteiger partial charge in [0.05, 0.1) is 18.2 Å². The van der Waals surface area contributed by atoms with Crippen LogP contribution in [0.2, 0.25) is 0 Å². The first-order valence-corrected chi connectivity index (χ1v) is 8.95. The molecule has 0 saturated carbocycles. The first-order valence-electron chi connectivity index (χ1n) is 6.22. The van der Waals surface area contributed by atoms with Crippen LogP contribution < -0.4 is 0 Å². The van der Waals surface area contributed by atoms with Gasteiger partial charge in [0.2, 0.25) is 10.0 Å². The lowest BCUT2D eigenvalue weighted by atomic mass is 10.2. The van der Waals surface area contributed by atoms with Crippen molar-refractivity contribution in [1.29, 1.82) is 0 Å². The number of methoxy groups -OCH3 is 1. The Bertz CT molecular complexity index is 626. The summed E-state index contributed by atoms with van der Waals surface area (Å²) in [6.07, 6.45) is 1.08. The minimum absolute atomic E-state index is 0.0807. The number of rotatable bonds is 3. The number of thiophene rings is 1. The summed E-state index contributed by atoms with van der Waals surface area (Å²) in [5.41, 5.74) is 0. The van der Waals surface area contributed by atoms with Crippen molar-refractivity contribution in [3.63, 3.8) is 0 Å². The quantitative estimate of drug-likeness (QED) is 0.728. The third-order valence-corrected chi connectivity index (χ3v) is 5.41. The first-order chi connectivity index (χ1) is 9.84. The number of carbonyl (C=O) groups is 2. The Labute approximate surface area is 127 Å². The Morgan fingerprint density at radius 3 is 2.62 bits per heavy atom. The molecule has 1 aromatic heterocycles. The molecule has 1 aliphatic rings. The summed E-state index contributed by atoms with van der Waals surface area (Å²) < 4.78 is 29.1. The highest BCUT2D eigenvalue weighted by molar-refractivity contribution is 7.88. The van der Waals surface area contributed by atoms with Crippen LogP contribution in [0.1, 0.15) is 9.67 Å². The normalized spacial score (nSPS) is 20.3. The van der Waals surface area contributed by atoms with Gasteiger partial charge >= 0.3 is 5.97 Å². The van der Waals surface area contributed by atoms with E-state index in [4.69, 9.17) is 4.74 Å². The Morgan fingerprint density at radius 2 is 2.10 bits per heavy atom. The molecule has 0 spiro atoms. The molecule has 2 heterocycles. The fourth-order valence-electron chi connectivity index (χ4n) is 2.18. The molecular formula is C12H16N2O5S2. The fourth-order valence-corrected chi connectivity index (χ4v) is 3.69. The second-order valence-corrected chi connectivity index (χ2v) is 7.57. The van der Waals surface area contributed by atoms with Crippen molar-refractivity contribution < 1.29 is 22.7 Å². The maximum Gasteiger partial charge on any atom is 0.329 e. The summed E-state index contributed by atoms with van der Waals surface area (Å²) >= 11 is 1.28. The molecule has 2 rings (SSSR count). The van der Waals surface area contributed by atoms with E-state index < -0.39 is 22.0 Å². The number of carbonyl (C=O) groups excluding carboxylic acids is 2. The summed E-state index contributed by atoms with van der Waals surface area (Å²) in [6, 6.07) is 2.50. The molecule has 1 saturated heterocycles. The first kappa shape index (κ1) is 15.9. The smallest absolute Gasteiger partial charge is 0.329 e. The fraction of sp³-hybridized carbons (Fsp3) is 0.500. The molecule has 1 amide bonds. The molecular weight excluding hydrogens is 316 g/mol. The van der Waals surface area contributed by atoms with Gasteiger partial charge in [-0.2, -0.15) is 4.31 Å². The summed E-state index contributed by atoms with van der Waals surface area (Å²) in [6.45, 7) is 0.246. The van der Waals surface area contributed by atoms with Crippen molar-refractivity contribution in [3.05, 3.63) is 22.4 Å². The van der Waals surface area contributed by atoms with Crippen LogP contribution >= 0.6 is 11.3 Å². The molecule has 116 valence electrons. The van der Waals surface area contributed by atoms with Gasteiger partial charge in [0.25, 0.3) is 5.91 Å². The van der Waals surface area contributed by atoms with E-state index in [0.29, 0.717) is 4.88 Å². The highest BCUT2D eigenvalue weighted by Crippen LogP contribution is 2.19. The van der Waals surface area contributed by atoms with Crippen LogP contribution in [0.3, 0.4) is 0 Å². The summed E-state index contributed by atoms with van der Waals surface area (Å²) in [5, 5.41) is 1.77. The molecule has 0 unspecified atom stereocenters. The second-order valence-electron chi connectivity index (χ2n) is 4.64. The van der Waals surface area contributed by atoms with Crippen molar-refractivity contribution >= 4 is 33.2 Å². The SMILES string of the molecule is COC(=O)[C@@H]1CN(S(C)(=O)=O)CCN1C(=O)c1cccs1. The minimum Gasteiger partial charge on any atom is -0.467 e. The van der Waals surface area contributed by atoms with Crippen molar-refractivity contribution in [2.45, 2.75) is 6.04 Å². The Kier molecular flexibility index (Phi) is 4.64. The maximum absolute atomic E-state index is 12.4. The molecule has 0 aliphatic carbocycles. The zero-order chi connectivity index (χ0) is 15.6. The lowest BCUT2D eigenvalue weighted by Gasteiger charge is -2.38. The van der Waals surface area contributed by atoms with Gasteiger partial charge in [-0.25, -0.2) is 13.2 Å². The molecule has 1 aliphatic heterocycles. The van der Waals surface area contributed by atoms with Gasteiger partial charge in [0.15, 0.2) is 0 Å². The van der Waals surface area contributed by atoms with Gasteiger partial charge < -0.3 is 9.64 Å². The number of esters is 1. The van der Waals surface area contributed by atoms with Gasteiger partial charge in [0.1, 0.15) is 6.04 Å². The number of ether oxygens (including phenoxy) is 1. The molecule has 9 heteroatoms. The van der Waals surface area contributed by atoms with E-state index in [9.17, 15) is 18.0 Å². The van der Waals surface area contributed by atoms with Gasteiger partial charge in [-0.1, -0.05) is 6.07 Å². The molecule has 21 heavy (non-hydrogen) atoms. The number of amides is 1. The number of hydrogen-bond donors (Lipinski definition) is 0. The highest BCUT2D eigenvalue weighted by Gasteiger charge is 2.39. The van der Waals surface area contributed by atoms with Crippen LogP contribution in [0.15, 0.2) is 17.5 Å². The molecule has 7 nitrogen and oxygen atoms in total. The van der Waals surface area contributed by atoms with Gasteiger partial charge in [-0.05, 0) is 11.4 Å². The summed E-state index contributed by atoms with van der Waals surface area (Å²) in [7, 11) is -2.20. The molecule has 1 atom stereocenters. The highest BCUT2D eigenvalue weighted by atomic mass is 32.2. The van der Waals surface area contributed by atoms with Crippen LogP contribution in [-0.2, 0) is 19.6 Å². The van der Waals surface area contributed by atoms with Crippen LogP contribution in [0.25, 0.3) is 0 Å². The average molecular weight is 332 g/mol. The van der Waals surface area contributed by atoms with Gasteiger partial charge in [0, 0.05) is 19.6 Å². The van der Waals surface area contributed by atoms with E-state index in [2.05, 4.69) is 0 Å². The van der Waals surface area contributed by atoms with Crippen molar-refractivity contribution in [2.75, 3.05) is 33.0 Å². The van der Waals surface area contributed by atoms with E-state index in [1.165, 1.54) is 27.7 Å². The number of piperazine rings is 1. The van der Waals surface area contributed by atoms with Crippen LogP contribution in [0.5, 0.6) is 0 Å². The van der Waals surface area contributed by atoms with E-state index in [1.807, 2.05) is 0 Å².